The zero-order chi connectivity index (χ0) is 12.7. The van der Waals surface area contributed by atoms with Gasteiger partial charge in [0.05, 0.1) is 11.9 Å². The molecular formula is C11H23NO3S2. The molecule has 102 valence electrons. The first kappa shape index (κ1) is 15.3. The molecule has 0 aromatic rings. The van der Waals surface area contributed by atoms with Crippen molar-refractivity contribution in [3.63, 3.8) is 0 Å². The summed E-state index contributed by atoms with van der Waals surface area (Å²) in [4.78, 5) is 0. The van der Waals surface area contributed by atoms with Gasteiger partial charge in [0.1, 0.15) is 9.84 Å². The van der Waals surface area contributed by atoms with Crippen molar-refractivity contribution in [2.75, 3.05) is 36.7 Å². The van der Waals surface area contributed by atoms with Gasteiger partial charge >= 0.3 is 0 Å². The summed E-state index contributed by atoms with van der Waals surface area (Å²) >= 11 is 1.68. The Labute approximate surface area is 109 Å². The summed E-state index contributed by atoms with van der Waals surface area (Å²) in [5.74, 6) is 1.92. The van der Waals surface area contributed by atoms with E-state index in [0.29, 0.717) is 17.9 Å². The fourth-order valence-corrected chi connectivity index (χ4v) is 3.95. The van der Waals surface area contributed by atoms with E-state index in [-0.39, 0.29) is 5.75 Å². The minimum atomic E-state index is -2.80. The molecule has 1 N–H and O–H groups in total. The lowest BCUT2D eigenvalue weighted by Crippen LogP contribution is -2.38. The molecule has 17 heavy (non-hydrogen) atoms. The van der Waals surface area contributed by atoms with Gasteiger partial charge in [0, 0.05) is 37.0 Å². The van der Waals surface area contributed by atoms with Crippen LogP contribution in [0.1, 0.15) is 19.8 Å². The Kier molecular flexibility index (Phi) is 6.84. The lowest BCUT2D eigenvalue weighted by Gasteiger charge is -2.19. The van der Waals surface area contributed by atoms with Crippen molar-refractivity contribution in [3.8, 4) is 0 Å². The quantitative estimate of drug-likeness (QED) is 0.671. The van der Waals surface area contributed by atoms with Crippen molar-refractivity contribution in [2.45, 2.75) is 31.9 Å². The summed E-state index contributed by atoms with van der Waals surface area (Å²) in [7, 11) is -2.80. The van der Waals surface area contributed by atoms with Crippen LogP contribution in [-0.2, 0) is 14.6 Å². The first-order valence-electron chi connectivity index (χ1n) is 6.09. The molecule has 0 bridgehead atoms. The van der Waals surface area contributed by atoms with E-state index in [2.05, 4.69) is 12.2 Å². The van der Waals surface area contributed by atoms with Gasteiger partial charge in [0.2, 0.25) is 0 Å². The summed E-state index contributed by atoms with van der Waals surface area (Å²) in [5, 5.41) is 3.43. The molecule has 4 nitrogen and oxygen atoms in total. The van der Waals surface area contributed by atoms with E-state index in [1.165, 1.54) is 12.7 Å². The molecule has 0 amide bonds. The SMILES string of the molecule is CC(NCCSCCS(C)(=O)=O)C1CCCO1. The van der Waals surface area contributed by atoms with Gasteiger partial charge < -0.3 is 10.1 Å². The molecule has 0 aliphatic carbocycles. The van der Waals surface area contributed by atoms with Crippen LogP contribution in [-0.4, -0.2) is 57.2 Å². The van der Waals surface area contributed by atoms with Crippen molar-refractivity contribution in [1.29, 1.82) is 0 Å². The largest absolute Gasteiger partial charge is 0.377 e. The standard InChI is InChI=1S/C11H23NO3S2/c1-10(11-4-3-6-15-11)12-5-7-16-8-9-17(2,13)14/h10-12H,3-9H2,1-2H3. The molecule has 1 aliphatic heterocycles. The molecule has 2 atom stereocenters. The Morgan fingerprint density at radius 1 is 1.47 bits per heavy atom. The van der Waals surface area contributed by atoms with Crippen LogP contribution in [0.2, 0.25) is 0 Å². The van der Waals surface area contributed by atoms with Crippen LogP contribution in [0.3, 0.4) is 0 Å². The third kappa shape index (κ3) is 7.28. The van der Waals surface area contributed by atoms with Gasteiger partial charge in [0.15, 0.2) is 0 Å². The van der Waals surface area contributed by atoms with Gasteiger partial charge in [0.25, 0.3) is 0 Å². The molecule has 1 aliphatic rings. The van der Waals surface area contributed by atoms with Gasteiger partial charge in [-0.05, 0) is 19.8 Å². The van der Waals surface area contributed by atoms with E-state index >= 15 is 0 Å². The van der Waals surface area contributed by atoms with Crippen molar-refractivity contribution in [3.05, 3.63) is 0 Å². The molecule has 0 spiro atoms. The van der Waals surface area contributed by atoms with Crippen LogP contribution >= 0.6 is 11.8 Å². The van der Waals surface area contributed by atoms with Crippen molar-refractivity contribution in [1.82, 2.24) is 5.32 Å². The van der Waals surface area contributed by atoms with E-state index in [0.717, 1.165) is 25.3 Å². The molecule has 0 aromatic heterocycles. The number of ether oxygens (including phenoxy) is 1. The number of hydrogen-bond acceptors (Lipinski definition) is 5. The Balaban J connectivity index is 1.96. The third-order valence-electron chi connectivity index (χ3n) is 2.83. The number of nitrogens with one attached hydrogen (secondary N) is 1. The van der Waals surface area contributed by atoms with Gasteiger partial charge in [-0.25, -0.2) is 8.42 Å². The molecule has 1 saturated heterocycles. The molecule has 1 heterocycles. The van der Waals surface area contributed by atoms with E-state index in [9.17, 15) is 8.42 Å². The van der Waals surface area contributed by atoms with Gasteiger partial charge in [-0.3, -0.25) is 0 Å². The average Bonchev–Trinajstić information content (AvgIpc) is 2.74. The molecule has 6 heteroatoms. The van der Waals surface area contributed by atoms with E-state index in [4.69, 9.17) is 4.74 Å². The fraction of sp³-hybridized carbons (Fsp3) is 1.00. The minimum absolute atomic E-state index is 0.277. The van der Waals surface area contributed by atoms with Crippen LogP contribution in [0.4, 0.5) is 0 Å². The topological polar surface area (TPSA) is 55.4 Å². The van der Waals surface area contributed by atoms with Gasteiger partial charge in [-0.15, -0.1) is 0 Å². The van der Waals surface area contributed by atoms with Crippen molar-refractivity contribution in [2.24, 2.45) is 0 Å². The highest BCUT2D eigenvalue weighted by Crippen LogP contribution is 2.15. The van der Waals surface area contributed by atoms with Crippen LogP contribution in [0.25, 0.3) is 0 Å². The first-order chi connectivity index (χ1) is 7.99. The van der Waals surface area contributed by atoms with Crippen LogP contribution in [0.5, 0.6) is 0 Å². The van der Waals surface area contributed by atoms with Gasteiger partial charge in [-0.1, -0.05) is 0 Å². The maximum atomic E-state index is 10.9. The van der Waals surface area contributed by atoms with Crippen molar-refractivity contribution >= 4 is 21.6 Å². The van der Waals surface area contributed by atoms with Gasteiger partial charge in [-0.2, -0.15) is 11.8 Å². The fourth-order valence-electron chi connectivity index (χ4n) is 1.80. The number of rotatable bonds is 8. The minimum Gasteiger partial charge on any atom is -0.377 e. The van der Waals surface area contributed by atoms with E-state index < -0.39 is 9.84 Å². The van der Waals surface area contributed by atoms with Crippen LogP contribution in [0, 0.1) is 0 Å². The normalized spacial score (nSPS) is 22.8. The molecule has 2 unspecified atom stereocenters. The molecule has 1 rings (SSSR count). The first-order valence-corrected chi connectivity index (χ1v) is 9.31. The second kappa shape index (κ2) is 7.61. The predicted octanol–water partition coefficient (Wildman–Crippen LogP) is 0.921. The van der Waals surface area contributed by atoms with E-state index in [1.807, 2.05) is 0 Å². The number of thioether (sulfide) groups is 1. The summed E-state index contributed by atoms with van der Waals surface area (Å²) in [6.45, 7) is 3.95. The zero-order valence-electron chi connectivity index (χ0n) is 10.6. The highest BCUT2D eigenvalue weighted by Gasteiger charge is 2.21. The summed E-state index contributed by atoms with van der Waals surface area (Å²) in [6.07, 6.45) is 3.96. The maximum Gasteiger partial charge on any atom is 0.148 e. The highest BCUT2D eigenvalue weighted by atomic mass is 32.2. The molecule has 1 fully saturated rings. The third-order valence-corrected chi connectivity index (χ3v) is 5.02. The monoisotopic (exact) mass is 281 g/mol. The average molecular weight is 281 g/mol. The van der Waals surface area contributed by atoms with Crippen molar-refractivity contribution < 1.29 is 13.2 Å². The summed E-state index contributed by atoms with van der Waals surface area (Å²) in [5.41, 5.74) is 0. The highest BCUT2D eigenvalue weighted by molar-refractivity contribution is 8.00. The Morgan fingerprint density at radius 2 is 2.24 bits per heavy atom. The predicted molar refractivity (Wildman–Crippen MR) is 73.5 cm³/mol. The molecular weight excluding hydrogens is 258 g/mol. The number of sulfone groups is 1. The van der Waals surface area contributed by atoms with Crippen LogP contribution < -0.4 is 5.32 Å². The molecule has 0 saturated carbocycles. The molecule has 0 radical (unpaired) electrons. The second-order valence-electron chi connectivity index (χ2n) is 4.54. The van der Waals surface area contributed by atoms with Crippen LogP contribution in [0.15, 0.2) is 0 Å². The smallest absolute Gasteiger partial charge is 0.148 e. The second-order valence-corrected chi connectivity index (χ2v) is 8.02. The Hall–Kier alpha value is 0.220. The Morgan fingerprint density at radius 3 is 2.82 bits per heavy atom. The van der Waals surface area contributed by atoms with E-state index in [1.54, 1.807) is 11.8 Å². The lowest BCUT2D eigenvalue weighted by molar-refractivity contribution is 0.0844. The molecule has 0 aromatic carbocycles. The lowest BCUT2D eigenvalue weighted by atomic mass is 10.1. The summed E-state index contributed by atoms with van der Waals surface area (Å²) in [6, 6.07) is 0.396. The number of hydrogen-bond donors (Lipinski definition) is 1. The maximum absolute atomic E-state index is 10.9. The Bertz CT molecular complexity index is 300. The summed E-state index contributed by atoms with van der Waals surface area (Å²) < 4.78 is 27.4. The zero-order valence-corrected chi connectivity index (χ0v) is 12.3.